The van der Waals surface area contributed by atoms with Crippen LogP contribution in [0.4, 0.5) is 0 Å². The van der Waals surface area contributed by atoms with Crippen LogP contribution in [0.1, 0.15) is 6.92 Å². The van der Waals surface area contributed by atoms with Crippen molar-refractivity contribution < 1.29 is 134 Å². The van der Waals surface area contributed by atoms with Gasteiger partial charge in [-0.1, -0.05) is 0 Å². The van der Waals surface area contributed by atoms with Crippen molar-refractivity contribution in [2.24, 2.45) is 0 Å². The molecule has 0 aromatic rings. The Morgan fingerprint density at radius 1 is 0.483 bits per heavy atom. The van der Waals surface area contributed by atoms with Gasteiger partial charge in [0.15, 0.2) is 37.6 Å². The van der Waals surface area contributed by atoms with Crippen molar-refractivity contribution in [3.05, 3.63) is 0 Å². The Morgan fingerprint density at radius 3 is 1.38 bits per heavy atom. The third-order valence-corrected chi connectivity index (χ3v) is 10.6. The number of aliphatic hydroxyl groups is 15. The first-order valence-corrected chi connectivity index (χ1v) is 18.6. The quantitative estimate of drug-likeness (QED) is 0.0770. The molecule has 5 heterocycles. The maximum absolute atomic E-state index is 12.2. The molecule has 0 aliphatic carbocycles. The van der Waals surface area contributed by atoms with Crippen LogP contribution in [-0.4, -0.2) is 273 Å². The summed E-state index contributed by atoms with van der Waals surface area (Å²) in [6, 6.07) is -1.71. The minimum Gasteiger partial charge on any atom is -0.479 e. The van der Waals surface area contributed by atoms with Gasteiger partial charge in [-0.3, -0.25) is 4.79 Å². The molecule has 0 spiro atoms. The van der Waals surface area contributed by atoms with Crippen molar-refractivity contribution in [2.45, 2.75) is 160 Å². The average Bonchev–Trinajstić information content (AvgIpc) is 3.20. The predicted molar refractivity (Wildman–Crippen MR) is 179 cm³/mol. The molecule has 348 valence electrons. The zero-order chi connectivity index (χ0) is 44.5. The summed E-state index contributed by atoms with van der Waals surface area (Å²) in [5.41, 5.74) is 0. The van der Waals surface area contributed by atoms with Crippen LogP contribution in [0.3, 0.4) is 0 Å². The number of nitrogens with one attached hydrogen (secondary N) is 1. The number of ether oxygens (including phenoxy) is 9. The van der Waals surface area contributed by atoms with Gasteiger partial charge < -0.3 is 130 Å². The summed E-state index contributed by atoms with van der Waals surface area (Å²) in [6.07, 6.45) is -46.7. The minimum atomic E-state index is -2.28. The number of amides is 1. The molecule has 0 saturated carbocycles. The average molecular weight is 884 g/mol. The van der Waals surface area contributed by atoms with Gasteiger partial charge in [-0.05, 0) is 0 Å². The maximum atomic E-state index is 12.2. The van der Waals surface area contributed by atoms with Crippen LogP contribution in [0, 0.1) is 0 Å². The molecule has 60 heavy (non-hydrogen) atoms. The zero-order valence-electron chi connectivity index (χ0n) is 31.4. The van der Waals surface area contributed by atoms with Gasteiger partial charge in [0.1, 0.15) is 116 Å². The van der Waals surface area contributed by atoms with Gasteiger partial charge >= 0.3 is 5.97 Å². The van der Waals surface area contributed by atoms with E-state index in [4.69, 9.17) is 42.6 Å². The molecule has 5 fully saturated rings. The van der Waals surface area contributed by atoms with Gasteiger partial charge in [-0.25, -0.2) is 4.79 Å². The molecule has 5 rings (SSSR count). The van der Waals surface area contributed by atoms with Crippen LogP contribution in [-0.2, 0) is 52.2 Å². The molecule has 0 unspecified atom stereocenters. The second kappa shape index (κ2) is 20.7. The van der Waals surface area contributed by atoms with E-state index in [2.05, 4.69) is 5.32 Å². The molecule has 1 amide bonds. The van der Waals surface area contributed by atoms with Crippen molar-refractivity contribution >= 4 is 11.9 Å². The van der Waals surface area contributed by atoms with Crippen LogP contribution in [0.25, 0.3) is 0 Å². The molecule has 28 nitrogen and oxygen atoms in total. The van der Waals surface area contributed by atoms with Crippen molar-refractivity contribution in [1.29, 1.82) is 0 Å². The summed E-state index contributed by atoms with van der Waals surface area (Å²) in [7, 11) is 0. The lowest BCUT2D eigenvalue weighted by molar-refractivity contribution is -0.377. The Bertz CT molecular complexity index is 1400. The Morgan fingerprint density at radius 2 is 0.900 bits per heavy atom. The van der Waals surface area contributed by atoms with Crippen molar-refractivity contribution in [1.82, 2.24) is 5.32 Å². The topological polar surface area (TPSA) is 453 Å². The number of hydrogen-bond donors (Lipinski definition) is 17. The largest absolute Gasteiger partial charge is 0.479 e. The van der Waals surface area contributed by atoms with E-state index in [1.165, 1.54) is 0 Å². The maximum Gasteiger partial charge on any atom is 0.335 e. The molecule has 0 aromatic carbocycles. The molecule has 5 saturated heterocycles. The second-order valence-corrected chi connectivity index (χ2v) is 14.8. The van der Waals surface area contributed by atoms with Gasteiger partial charge in [0.2, 0.25) is 5.91 Å². The fourth-order valence-electron chi connectivity index (χ4n) is 7.20. The van der Waals surface area contributed by atoms with E-state index in [0.717, 1.165) is 6.92 Å². The first kappa shape index (κ1) is 49.0. The van der Waals surface area contributed by atoms with Gasteiger partial charge in [0, 0.05) is 6.92 Å². The predicted octanol–water partition coefficient (Wildman–Crippen LogP) is -11.7. The van der Waals surface area contributed by atoms with Crippen molar-refractivity contribution in [3.63, 3.8) is 0 Å². The number of carboxylic acid groups (broad SMARTS) is 1. The fraction of sp³-hybridized carbons (Fsp3) is 0.938. The Balaban J connectivity index is 1.40. The number of hydrogen-bond acceptors (Lipinski definition) is 26. The molecule has 5 aliphatic heterocycles. The highest BCUT2D eigenvalue weighted by Crippen LogP contribution is 2.34. The molecule has 0 radical (unpaired) electrons. The first-order valence-electron chi connectivity index (χ1n) is 18.6. The monoisotopic (exact) mass is 883 g/mol. The van der Waals surface area contributed by atoms with E-state index in [1.54, 1.807) is 0 Å². The van der Waals surface area contributed by atoms with Gasteiger partial charge in [-0.15, -0.1) is 0 Å². The van der Waals surface area contributed by atoms with Crippen molar-refractivity contribution in [2.75, 3.05) is 26.4 Å². The van der Waals surface area contributed by atoms with Crippen molar-refractivity contribution in [3.8, 4) is 0 Å². The number of rotatable bonds is 14. The van der Waals surface area contributed by atoms with Crippen LogP contribution in [0.5, 0.6) is 0 Å². The van der Waals surface area contributed by atoms with E-state index in [-0.39, 0.29) is 0 Å². The molecule has 25 atom stereocenters. The normalized spacial score (nSPS) is 50.2. The SMILES string of the molecule is CC(=O)N[C@@H]1[C@@H](O[C@@H]2O[C@H](CO[C@@H]3O[C@H](CO)[C@@H](O)[C@H](O)[C@H]3O)[C@H](O)[C@H](O[C@@H]3O[C@H](C(=O)O)[C@@H](O)[C@H](O)[C@H]3O)[C@H]2O)[C@@H](O)[C@@H](CO[C@@H]2O[C@H](CO)[C@@H](O)[C@H](O)[C@H]2O)O[C@@H]1O. The summed E-state index contributed by atoms with van der Waals surface area (Å²) in [6.45, 7) is -2.35. The Kier molecular flexibility index (Phi) is 16.9. The summed E-state index contributed by atoms with van der Waals surface area (Å²) < 4.78 is 49.3. The molecule has 17 N–H and O–H groups in total. The highest BCUT2D eigenvalue weighted by atomic mass is 16.8. The molecule has 5 aliphatic rings. The summed E-state index contributed by atoms with van der Waals surface area (Å²) in [5.74, 6) is -2.63. The zero-order valence-corrected chi connectivity index (χ0v) is 31.4. The third-order valence-electron chi connectivity index (χ3n) is 10.6. The Labute approximate surface area is 338 Å². The second-order valence-electron chi connectivity index (χ2n) is 14.8. The highest BCUT2D eigenvalue weighted by molar-refractivity contribution is 5.73. The lowest BCUT2D eigenvalue weighted by Gasteiger charge is -2.49. The summed E-state index contributed by atoms with van der Waals surface area (Å²) >= 11 is 0. The lowest BCUT2D eigenvalue weighted by atomic mass is 9.94. The molecule has 0 bridgehead atoms. The van der Waals surface area contributed by atoms with Gasteiger partial charge in [0.25, 0.3) is 0 Å². The molecule has 28 heteroatoms. The van der Waals surface area contributed by atoms with Gasteiger partial charge in [0.05, 0.1) is 26.4 Å². The highest BCUT2D eigenvalue weighted by Gasteiger charge is 2.56. The standard InChI is InChI=1S/C32H53NO27/c1-6(36)33-11-24(14(39)9(54-28(11)51)4-52-29-20(45)16(41)12(37)7(2-34)55-29)58-32-23(48)25(59-31-22(47)18(43)19(44)26(60-31)27(49)50)15(40)10(57-32)5-53-30-21(46)17(42)13(38)8(3-35)56-30/h7-26,28-32,34-35,37-48,51H,2-5H2,1H3,(H,33,36)(H,49,50)/t7-,8-,9-,10-,11-,12-,13-,14+,15+,16+,17+,18+,19+,20-,21-,22-,23-,24-,25+,26+,28+,29-,30-,31-,32+/m1/s1. The number of aliphatic hydroxyl groups excluding tert-OH is 15. The first-order chi connectivity index (χ1) is 28.2. The van der Waals surface area contributed by atoms with E-state index in [0.29, 0.717) is 0 Å². The lowest BCUT2D eigenvalue weighted by Crippen LogP contribution is -2.69. The number of carbonyl (C=O) groups excluding carboxylic acids is 1. The van der Waals surface area contributed by atoms with Crippen LogP contribution >= 0.6 is 0 Å². The number of aliphatic carboxylic acids is 1. The van der Waals surface area contributed by atoms with E-state index in [1.807, 2.05) is 0 Å². The van der Waals surface area contributed by atoms with Crippen LogP contribution in [0.15, 0.2) is 0 Å². The van der Waals surface area contributed by atoms with Crippen LogP contribution < -0.4 is 5.32 Å². The number of carbonyl (C=O) groups is 2. The fourth-order valence-corrected chi connectivity index (χ4v) is 7.20. The number of carboxylic acids is 1. The Hall–Kier alpha value is -2.02. The third kappa shape index (κ3) is 10.3. The van der Waals surface area contributed by atoms with Crippen LogP contribution in [0.2, 0.25) is 0 Å². The van der Waals surface area contributed by atoms with E-state index in [9.17, 15) is 91.3 Å². The van der Waals surface area contributed by atoms with E-state index < -0.39 is 192 Å². The summed E-state index contributed by atoms with van der Waals surface area (Å²) in [5, 5.41) is 169. The minimum absolute atomic E-state index is 0.794. The molecular weight excluding hydrogens is 830 g/mol. The van der Waals surface area contributed by atoms with Gasteiger partial charge in [-0.2, -0.15) is 0 Å². The van der Waals surface area contributed by atoms with E-state index >= 15 is 0 Å². The molecule has 0 aromatic heterocycles. The smallest absolute Gasteiger partial charge is 0.335 e. The summed E-state index contributed by atoms with van der Waals surface area (Å²) in [4.78, 5) is 24.0. The molecular formula is C32H53NO27.